The first kappa shape index (κ1) is 18.5. The van der Waals surface area contributed by atoms with Crippen molar-refractivity contribution in [2.24, 2.45) is 0 Å². The number of benzene rings is 1. The van der Waals surface area contributed by atoms with E-state index in [0.29, 0.717) is 5.56 Å². The highest BCUT2D eigenvalue weighted by atomic mass is 16.3. The Morgan fingerprint density at radius 2 is 1.75 bits per heavy atom. The predicted molar refractivity (Wildman–Crippen MR) is 93.9 cm³/mol. The molecule has 5 nitrogen and oxygen atoms in total. The Morgan fingerprint density at radius 3 is 2.33 bits per heavy atom. The predicted octanol–water partition coefficient (Wildman–Crippen LogP) is 2.13. The highest BCUT2D eigenvalue weighted by molar-refractivity contribution is 5.96. The Kier molecular flexibility index (Phi) is 5.99. The van der Waals surface area contributed by atoms with Crippen molar-refractivity contribution in [2.75, 3.05) is 6.54 Å². The Bertz CT molecular complexity index is 575. The zero-order chi connectivity index (χ0) is 17.7. The van der Waals surface area contributed by atoms with E-state index in [1.54, 1.807) is 12.1 Å². The van der Waals surface area contributed by atoms with Crippen LogP contribution in [0.15, 0.2) is 24.3 Å². The minimum atomic E-state index is -0.483. The minimum absolute atomic E-state index is 0.0374. The average Bonchev–Trinajstić information content (AvgIpc) is 2.54. The molecule has 132 valence electrons. The number of amides is 2. The lowest BCUT2D eigenvalue weighted by atomic mass is 9.87. The molecule has 0 bridgehead atoms. The van der Waals surface area contributed by atoms with E-state index in [4.69, 9.17) is 0 Å². The number of hydrogen-bond donors (Lipinski definition) is 3. The van der Waals surface area contributed by atoms with E-state index >= 15 is 0 Å². The van der Waals surface area contributed by atoms with Gasteiger partial charge in [-0.2, -0.15) is 0 Å². The Morgan fingerprint density at radius 1 is 1.12 bits per heavy atom. The van der Waals surface area contributed by atoms with Crippen LogP contribution < -0.4 is 10.6 Å². The van der Waals surface area contributed by atoms with Crippen molar-refractivity contribution in [3.8, 4) is 0 Å². The van der Waals surface area contributed by atoms with Crippen LogP contribution in [0.1, 0.15) is 62.4 Å². The first-order valence-corrected chi connectivity index (χ1v) is 8.63. The zero-order valence-corrected chi connectivity index (χ0v) is 14.8. The van der Waals surface area contributed by atoms with Crippen molar-refractivity contribution >= 4 is 11.8 Å². The fourth-order valence-electron chi connectivity index (χ4n) is 2.92. The molecule has 2 unspecified atom stereocenters. The molecule has 3 N–H and O–H groups in total. The monoisotopic (exact) mass is 332 g/mol. The molecular formula is C19H28N2O3. The van der Waals surface area contributed by atoms with E-state index < -0.39 is 6.10 Å². The van der Waals surface area contributed by atoms with Crippen LogP contribution in [0.4, 0.5) is 0 Å². The molecule has 24 heavy (non-hydrogen) atoms. The van der Waals surface area contributed by atoms with E-state index in [9.17, 15) is 14.7 Å². The lowest BCUT2D eigenvalue weighted by Gasteiger charge is -2.28. The first-order valence-electron chi connectivity index (χ1n) is 8.63. The van der Waals surface area contributed by atoms with Gasteiger partial charge in [0.05, 0.1) is 18.7 Å². The quantitative estimate of drug-likeness (QED) is 0.790. The van der Waals surface area contributed by atoms with Crippen LogP contribution in [-0.2, 0) is 10.2 Å². The first-order chi connectivity index (χ1) is 11.3. The van der Waals surface area contributed by atoms with Crippen LogP contribution in [0.2, 0.25) is 0 Å². The maximum absolute atomic E-state index is 12.1. The SMILES string of the molecule is CC(C)(C)c1ccc(C(=O)NCC(=O)NC2CCCCC2O)cc1. The molecule has 1 aliphatic carbocycles. The summed E-state index contributed by atoms with van der Waals surface area (Å²) >= 11 is 0. The summed E-state index contributed by atoms with van der Waals surface area (Å²) in [6.07, 6.45) is 3.03. The highest BCUT2D eigenvalue weighted by Crippen LogP contribution is 2.22. The molecule has 0 heterocycles. The second-order valence-corrected chi connectivity index (χ2v) is 7.54. The van der Waals surface area contributed by atoms with Gasteiger partial charge in [0.2, 0.25) is 5.91 Å². The van der Waals surface area contributed by atoms with Gasteiger partial charge in [0.25, 0.3) is 5.91 Å². The standard InChI is InChI=1S/C19H28N2O3/c1-19(2,3)14-10-8-13(9-11-14)18(24)20-12-17(23)21-15-6-4-5-7-16(15)22/h8-11,15-16,22H,4-7,12H2,1-3H3,(H,20,24)(H,21,23). The number of rotatable bonds is 4. The fourth-order valence-corrected chi connectivity index (χ4v) is 2.92. The molecule has 1 aromatic rings. The van der Waals surface area contributed by atoms with Crippen LogP contribution in [0.5, 0.6) is 0 Å². The average molecular weight is 332 g/mol. The van der Waals surface area contributed by atoms with Gasteiger partial charge < -0.3 is 15.7 Å². The molecule has 0 saturated heterocycles. The van der Waals surface area contributed by atoms with Gasteiger partial charge in [-0.05, 0) is 36.0 Å². The Hall–Kier alpha value is -1.88. The summed E-state index contributed by atoms with van der Waals surface area (Å²) in [5.41, 5.74) is 1.73. The van der Waals surface area contributed by atoms with Crippen molar-refractivity contribution < 1.29 is 14.7 Å². The number of hydrogen-bond acceptors (Lipinski definition) is 3. The molecule has 0 aliphatic heterocycles. The fraction of sp³-hybridized carbons (Fsp3) is 0.579. The topological polar surface area (TPSA) is 78.4 Å². The van der Waals surface area contributed by atoms with E-state index in [0.717, 1.165) is 31.2 Å². The molecule has 1 fully saturated rings. The molecule has 0 radical (unpaired) electrons. The summed E-state index contributed by atoms with van der Waals surface area (Å²) in [6, 6.07) is 7.23. The number of carbonyl (C=O) groups is 2. The van der Waals surface area contributed by atoms with Crippen LogP contribution >= 0.6 is 0 Å². The van der Waals surface area contributed by atoms with Crippen molar-refractivity contribution in [1.29, 1.82) is 0 Å². The van der Waals surface area contributed by atoms with Crippen LogP contribution in [0.3, 0.4) is 0 Å². The molecule has 1 saturated carbocycles. The third-order valence-electron chi connectivity index (χ3n) is 4.50. The van der Waals surface area contributed by atoms with Gasteiger partial charge in [-0.25, -0.2) is 0 Å². The van der Waals surface area contributed by atoms with Crippen LogP contribution in [0.25, 0.3) is 0 Å². The summed E-state index contributed by atoms with van der Waals surface area (Å²) in [5, 5.41) is 15.3. The lowest BCUT2D eigenvalue weighted by Crippen LogP contribution is -2.48. The van der Waals surface area contributed by atoms with E-state index in [-0.39, 0.29) is 29.8 Å². The molecular weight excluding hydrogens is 304 g/mol. The number of aliphatic hydroxyl groups is 1. The van der Waals surface area contributed by atoms with Gasteiger partial charge in [-0.15, -0.1) is 0 Å². The minimum Gasteiger partial charge on any atom is -0.391 e. The van der Waals surface area contributed by atoms with Crippen molar-refractivity contribution in [3.63, 3.8) is 0 Å². The Labute approximate surface area is 143 Å². The number of nitrogens with one attached hydrogen (secondary N) is 2. The second kappa shape index (κ2) is 7.79. The van der Waals surface area contributed by atoms with Crippen LogP contribution in [0, 0.1) is 0 Å². The Balaban J connectivity index is 1.83. The number of aliphatic hydroxyl groups excluding tert-OH is 1. The third kappa shape index (κ3) is 5.06. The van der Waals surface area contributed by atoms with Crippen molar-refractivity contribution in [1.82, 2.24) is 10.6 Å². The smallest absolute Gasteiger partial charge is 0.251 e. The van der Waals surface area contributed by atoms with Gasteiger partial charge in [-0.1, -0.05) is 45.7 Å². The van der Waals surface area contributed by atoms with Gasteiger partial charge >= 0.3 is 0 Å². The van der Waals surface area contributed by atoms with E-state index in [1.807, 2.05) is 12.1 Å². The molecule has 2 atom stereocenters. The van der Waals surface area contributed by atoms with Gasteiger partial charge in [0.15, 0.2) is 0 Å². The van der Waals surface area contributed by atoms with E-state index in [1.165, 1.54) is 0 Å². The van der Waals surface area contributed by atoms with Gasteiger partial charge in [-0.3, -0.25) is 9.59 Å². The summed E-state index contributed by atoms with van der Waals surface area (Å²) < 4.78 is 0. The summed E-state index contributed by atoms with van der Waals surface area (Å²) in [4.78, 5) is 24.1. The third-order valence-corrected chi connectivity index (χ3v) is 4.50. The molecule has 0 spiro atoms. The van der Waals surface area contributed by atoms with Crippen molar-refractivity contribution in [2.45, 2.75) is 64.0 Å². The van der Waals surface area contributed by atoms with Gasteiger partial charge in [0.1, 0.15) is 0 Å². The lowest BCUT2D eigenvalue weighted by molar-refractivity contribution is -0.122. The summed E-state index contributed by atoms with van der Waals surface area (Å²) in [6.45, 7) is 6.27. The largest absolute Gasteiger partial charge is 0.391 e. The molecule has 1 aromatic carbocycles. The second-order valence-electron chi connectivity index (χ2n) is 7.54. The molecule has 2 rings (SSSR count). The molecule has 5 heteroatoms. The van der Waals surface area contributed by atoms with E-state index in [2.05, 4.69) is 31.4 Å². The maximum Gasteiger partial charge on any atom is 0.251 e. The van der Waals surface area contributed by atoms with Gasteiger partial charge in [0, 0.05) is 5.56 Å². The zero-order valence-electron chi connectivity index (χ0n) is 14.8. The summed E-state index contributed by atoms with van der Waals surface area (Å²) in [5.74, 6) is -0.532. The molecule has 2 amide bonds. The highest BCUT2D eigenvalue weighted by Gasteiger charge is 2.24. The summed E-state index contributed by atoms with van der Waals surface area (Å²) in [7, 11) is 0. The maximum atomic E-state index is 12.1. The van der Waals surface area contributed by atoms with Crippen LogP contribution in [-0.4, -0.2) is 35.6 Å². The molecule has 1 aliphatic rings. The normalized spacial score (nSPS) is 21.2. The van der Waals surface area contributed by atoms with Crippen molar-refractivity contribution in [3.05, 3.63) is 35.4 Å². The number of carbonyl (C=O) groups excluding carboxylic acids is 2. The molecule has 0 aromatic heterocycles.